The maximum absolute atomic E-state index is 13.3. The van der Waals surface area contributed by atoms with Crippen LogP contribution in [0.1, 0.15) is 44.6 Å². The standard InChI is InChI=1S/C25H35N3O3S/c1-3-22-12-7-8-17-27(22)18-10-16-26-25(29)20-28(23-13-9-11-21(2)19-23)32(30,31)24-14-5-4-6-15-24/h4-6,9,11,13-15,19,22H,3,7-8,10,12,16-18,20H2,1-2H3,(H,26,29). The first-order valence-corrected chi connectivity index (χ1v) is 13.0. The van der Waals surface area contributed by atoms with E-state index in [4.69, 9.17) is 0 Å². The van der Waals surface area contributed by atoms with E-state index < -0.39 is 10.0 Å². The first-order chi connectivity index (χ1) is 15.4. The zero-order chi connectivity index (χ0) is 23.0. The molecule has 0 aliphatic carbocycles. The SMILES string of the molecule is CCC1CCCCN1CCCNC(=O)CN(c1cccc(C)c1)S(=O)(=O)c1ccccc1. The van der Waals surface area contributed by atoms with Gasteiger partial charge in [-0.2, -0.15) is 0 Å². The highest BCUT2D eigenvalue weighted by Crippen LogP contribution is 2.24. The minimum atomic E-state index is -3.86. The molecule has 0 saturated carbocycles. The van der Waals surface area contributed by atoms with E-state index in [2.05, 4.69) is 17.1 Å². The van der Waals surface area contributed by atoms with E-state index >= 15 is 0 Å². The van der Waals surface area contributed by atoms with Gasteiger partial charge in [-0.3, -0.25) is 9.10 Å². The van der Waals surface area contributed by atoms with Gasteiger partial charge >= 0.3 is 0 Å². The number of anilines is 1. The largest absolute Gasteiger partial charge is 0.354 e. The van der Waals surface area contributed by atoms with Crippen molar-refractivity contribution < 1.29 is 13.2 Å². The van der Waals surface area contributed by atoms with Crippen LogP contribution in [0.3, 0.4) is 0 Å². The second-order valence-corrected chi connectivity index (χ2v) is 10.3. The number of piperidine rings is 1. The van der Waals surface area contributed by atoms with Crippen LogP contribution in [0.2, 0.25) is 0 Å². The fraction of sp³-hybridized carbons (Fsp3) is 0.480. The molecule has 0 spiro atoms. The number of rotatable bonds is 10. The van der Waals surface area contributed by atoms with Gasteiger partial charge in [-0.1, -0.05) is 43.7 Å². The summed E-state index contributed by atoms with van der Waals surface area (Å²) in [6.07, 6.45) is 5.82. The van der Waals surface area contributed by atoms with E-state index in [1.807, 2.05) is 13.0 Å². The highest BCUT2D eigenvalue weighted by atomic mass is 32.2. The summed E-state index contributed by atoms with van der Waals surface area (Å²) in [5.41, 5.74) is 1.42. The zero-order valence-electron chi connectivity index (χ0n) is 19.2. The highest BCUT2D eigenvalue weighted by Gasteiger charge is 2.27. The molecule has 3 rings (SSSR count). The normalized spacial score (nSPS) is 17.1. The predicted octanol–water partition coefficient (Wildman–Crippen LogP) is 3.96. The van der Waals surface area contributed by atoms with Crippen molar-refractivity contribution in [1.29, 1.82) is 0 Å². The lowest BCUT2D eigenvalue weighted by Gasteiger charge is -2.35. The summed E-state index contributed by atoms with van der Waals surface area (Å²) >= 11 is 0. The number of likely N-dealkylation sites (tertiary alicyclic amines) is 1. The minimum Gasteiger partial charge on any atom is -0.354 e. The van der Waals surface area contributed by atoms with E-state index in [-0.39, 0.29) is 17.3 Å². The van der Waals surface area contributed by atoms with Crippen molar-refractivity contribution in [2.75, 3.05) is 30.5 Å². The van der Waals surface area contributed by atoms with Gasteiger partial charge < -0.3 is 10.2 Å². The minimum absolute atomic E-state index is 0.171. The van der Waals surface area contributed by atoms with Gasteiger partial charge in [-0.25, -0.2) is 8.42 Å². The number of sulfonamides is 1. The Balaban J connectivity index is 1.64. The maximum Gasteiger partial charge on any atom is 0.264 e. The first kappa shape index (κ1) is 24.3. The van der Waals surface area contributed by atoms with Crippen LogP contribution in [0, 0.1) is 6.92 Å². The van der Waals surface area contributed by atoms with Gasteiger partial charge in [0.1, 0.15) is 6.54 Å². The zero-order valence-corrected chi connectivity index (χ0v) is 20.0. The van der Waals surface area contributed by atoms with Crippen LogP contribution >= 0.6 is 0 Å². The molecule has 1 fully saturated rings. The van der Waals surface area contributed by atoms with Crippen molar-refractivity contribution in [3.05, 3.63) is 60.2 Å². The van der Waals surface area contributed by atoms with Crippen LogP contribution in [0.4, 0.5) is 5.69 Å². The molecule has 0 bridgehead atoms. The van der Waals surface area contributed by atoms with Crippen molar-refractivity contribution in [3.63, 3.8) is 0 Å². The Morgan fingerprint density at radius 1 is 1.12 bits per heavy atom. The van der Waals surface area contributed by atoms with Crippen molar-refractivity contribution in [1.82, 2.24) is 10.2 Å². The van der Waals surface area contributed by atoms with Crippen LogP contribution in [-0.2, 0) is 14.8 Å². The second-order valence-electron chi connectivity index (χ2n) is 8.46. The molecule has 7 heteroatoms. The average molecular weight is 458 g/mol. The Morgan fingerprint density at radius 2 is 1.91 bits per heavy atom. The van der Waals surface area contributed by atoms with E-state index in [1.54, 1.807) is 48.5 Å². The van der Waals surface area contributed by atoms with Gasteiger partial charge in [0.2, 0.25) is 5.91 Å². The molecule has 1 unspecified atom stereocenters. The molecule has 0 radical (unpaired) electrons. The number of carbonyl (C=O) groups is 1. The summed E-state index contributed by atoms with van der Waals surface area (Å²) in [5.74, 6) is -0.295. The third-order valence-corrected chi connectivity index (χ3v) is 7.86. The van der Waals surface area contributed by atoms with Crippen LogP contribution in [0.15, 0.2) is 59.5 Å². The average Bonchev–Trinajstić information content (AvgIpc) is 2.81. The Hall–Kier alpha value is -2.38. The van der Waals surface area contributed by atoms with Gasteiger partial charge in [0.25, 0.3) is 10.0 Å². The van der Waals surface area contributed by atoms with Gasteiger partial charge in [0.05, 0.1) is 10.6 Å². The number of hydrogen-bond acceptors (Lipinski definition) is 4. The molecule has 6 nitrogen and oxygen atoms in total. The quantitative estimate of drug-likeness (QED) is 0.548. The number of carbonyl (C=O) groups excluding carboxylic acids is 1. The van der Waals surface area contributed by atoms with Crippen molar-refractivity contribution in [2.45, 2.75) is 56.9 Å². The number of benzene rings is 2. The first-order valence-electron chi connectivity index (χ1n) is 11.6. The molecule has 32 heavy (non-hydrogen) atoms. The van der Waals surface area contributed by atoms with Gasteiger partial charge in [-0.15, -0.1) is 0 Å². The number of aryl methyl sites for hydroxylation is 1. The van der Waals surface area contributed by atoms with E-state index in [0.717, 1.165) is 31.5 Å². The third-order valence-electron chi connectivity index (χ3n) is 6.07. The molecule has 0 aromatic heterocycles. The lowest BCUT2D eigenvalue weighted by Crippen LogP contribution is -2.43. The number of nitrogens with one attached hydrogen (secondary N) is 1. The molecular weight excluding hydrogens is 422 g/mol. The molecule has 174 valence electrons. The number of nitrogens with zero attached hydrogens (tertiary/aromatic N) is 2. The lowest BCUT2D eigenvalue weighted by molar-refractivity contribution is -0.119. The molecule has 1 atom stereocenters. The summed E-state index contributed by atoms with van der Waals surface area (Å²) in [5, 5.41) is 2.92. The third kappa shape index (κ3) is 6.33. The van der Waals surface area contributed by atoms with Gasteiger partial charge in [-0.05, 0) is 69.0 Å². The maximum atomic E-state index is 13.3. The molecule has 2 aromatic carbocycles. The molecule has 1 amide bonds. The second kappa shape index (κ2) is 11.5. The molecule has 1 aliphatic rings. The van der Waals surface area contributed by atoms with Crippen molar-refractivity contribution >= 4 is 21.6 Å². The summed E-state index contributed by atoms with van der Waals surface area (Å²) in [4.78, 5) is 15.4. The lowest BCUT2D eigenvalue weighted by atomic mass is 10.00. The molecule has 1 heterocycles. The van der Waals surface area contributed by atoms with Crippen LogP contribution in [-0.4, -0.2) is 51.4 Å². The Kier molecular flexibility index (Phi) is 8.70. The highest BCUT2D eigenvalue weighted by molar-refractivity contribution is 7.92. The van der Waals surface area contributed by atoms with Crippen LogP contribution in [0.25, 0.3) is 0 Å². The van der Waals surface area contributed by atoms with Crippen LogP contribution in [0.5, 0.6) is 0 Å². The van der Waals surface area contributed by atoms with E-state index in [1.165, 1.54) is 23.6 Å². The molecule has 2 aromatic rings. The number of hydrogen-bond donors (Lipinski definition) is 1. The Morgan fingerprint density at radius 3 is 2.62 bits per heavy atom. The molecule has 1 aliphatic heterocycles. The number of amides is 1. The van der Waals surface area contributed by atoms with E-state index in [0.29, 0.717) is 18.3 Å². The van der Waals surface area contributed by atoms with Crippen molar-refractivity contribution in [3.8, 4) is 0 Å². The van der Waals surface area contributed by atoms with E-state index in [9.17, 15) is 13.2 Å². The van der Waals surface area contributed by atoms with Crippen molar-refractivity contribution in [2.24, 2.45) is 0 Å². The smallest absolute Gasteiger partial charge is 0.264 e. The Bertz CT molecular complexity index is 979. The fourth-order valence-corrected chi connectivity index (χ4v) is 5.76. The summed E-state index contributed by atoms with van der Waals surface area (Å²) in [6, 6.07) is 16.1. The monoisotopic (exact) mass is 457 g/mol. The molecular formula is C25H35N3O3S. The Labute approximate surface area is 192 Å². The van der Waals surface area contributed by atoms with Gasteiger partial charge in [0.15, 0.2) is 0 Å². The summed E-state index contributed by atoms with van der Waals surface area (Å²) < 4.78 is 27.8. The van der Waals surface area contributed by atoms with Crippen LogP contribution < -0.4 is 9.62 Å². The molecule has 1 saturated heterocycles. The predicted molar refractivity (Wildman–Crippen MR) is 129 cm³/mol. The summed E-state index contributed by atoms with van der Waals surface area (Å²) in [7, 11) is -3.86. The molecule has 1 N–H and O–H groups in total. The fourth-order valence-electron chi connectivity index (χ4n) is 4.33. The topological polar surface area (TPSA) is 69.7 Å². The van der Waals surface area contributed by atoms with Gasteiger partial charge in [0, 0.05) is 19.1 Å². The summed E-state index contributed by atoms with van der Waals surface area (Å²) in [6.45, 7) is 6.52.